The van der Waals surface area contributed by atoms with Crippen LogP contribution in [-0.2, 0) is 0 Å². The summed E-state index contributed by atoms with van der Waals surface area (Å²) in [6.45, 7) is 1.81. The first-order valence-electron chi connectivity index (χ1n) is 6.72. The fourth-order valence-electron chi connectivity index (χ4n) is 2.60. The molecule has 0 aromatic heterocycles. The van der Waals surface area contributed by atoms with Gasteiger partial charge in [0.05, 0.1) is 19.1 Å². The number of hydrogen-bond donors (Lipinski definition) is 0. The maximum atomic E-state index is 13.2. The highest BCUT2D eigenvalue weighted by molar-refractivity contribution is 6.00. The van der Waals surface area contributed by atoms with Crippen molar-refractivity contribution in [3.05, 3.63) is 58.9 Å². The molecule has 0 spiro atoms. The second-order valence-corrected chi connectivity index (χ2v) is 5.10. The zero-order valence-corrected chi connectivity index (χ0v) is 11.9. The first-order chi connectivity index (χ1) is 10.1. The Labute approximate surface area is 122 Å². The summed E-state index contributed by atoms with van der Waals surface area (Å²) >= 11 is 0. The summed E-state index contributed by atoms with van der Waals surface area (Å²) in [5.74, 6) is 0.880. The number of fused-ring (bicyclic) bond motifs is 1. The number of hydrogen-bond acceptors (Lipinski definition) is 3. The van der Waals surface area contributed by atoms with Crippen molar-refractivity contribution >= 4 is 5.78 Å². The van der Waals surface area contributed by atoms with Crippen LogP contribution in [0.2, 0.25) is 0 Å². The molecule has 0 saturated heterocycles. The Morgan fingerprint density at radius 2 is 2.05 bits per heavy atom. The van der Waals surface area contributed by atoms with Crippen LogP contribution in [0.5, 0.6) is 11.5 Å². The zero-order chi connectivity index (χ0) is 15.0. The van der Waals surface area contributed by atoms with Gasteiger partial charge < -0.3 is 9.47 Å². The van der Waals surface area contributed by atoms with E-state index in [9.17, 15) is 9.18 Å². The number of carbonyl (C=O) groups is 1. The topological polar surface area (TPSA) is 35.5 Å². The number of Topliss-reactive ketones (excluding diaryl/α,β-unsaturated/α-hetero) is 1. The number of aryl methyl sites for hydroxylation is 1. The van der Waals surface area contributed by atoms with E-state index in [-0.39, 0.29) is 18.0 Å². The van der Waals surface area contributed by atoms with Crippen LogP contribution in [0.15, 0.2) is 36.4 Å². The van der Waals surface area contributed by atoms with Gasteiger partial charge in [0.1, 0.15) is 23.4 Å². The number of halogens is 1. The summed E-state index contributed by atoms with van der Waals surface area (Å²) in [4.78, 5) is 12.3. The second kappa shape index (κ2) is 5.20. The molecule has 0 radical (unpaired) electrons. The molecule has 0 aliphatic carbocycles. The number of carbonyl (C=O) groups excluding carboxylic acids is 1. The zero-order valence-electron chi connectivity index (χ0n) is 11.9. The summed E-state index contributed by atoms with van der Waals surface area (Å²) in [6.07, 6.45) is -0.135. The fourth-order valence-corrected chi connectivity index (χ4v) is 2.60. The molecule has 0 bridgehead atoms. The van der Waals surface area contributed by atoms with Crippen LogP contribution in [0.4, 0.5) is 4.39 Å². The van der Waals surface area contributed by atoms with Crippen LogP contribution in [0, 0.1) is 12.7 Å². The smallest absolute Gasteiger partial charge is 0.170 e. The first-order valence-corrected chi connectivity index (χ1v) is 6.72. The maximum Gasteiger partial charge on any atom is 0.170 e. The van der Waals surface area contributed by atoms with E-state index >= 15 is 0 Å². The van der Waals surface area contributed by atoms with Crippen molar-refractivity contribution in [3.63, 3.8) is 0 Å². The van der Waals surface area contributed by atoms with Crippen molar-refractivity contribution in [2.75, 3.05) is 7.11 Å². The van der Waals surface area contributed by atoms with Gasteiger partial charge in [-0.3, -0.25) is 4.79 Å². The Hall–Kier alpha value is -2.36. The Kier molecular flexibility index (Phi) is 3.37. The van der Waals surface area contributed by atoms with E-state index in [1.165, 1.54) is 12.1 Å². The highest BCUT2D eigenvalue weighted by atomic mass is 19.1. The van der Waals surface area contributed by atoms with Crippen molar-refractivity contribution in [3.8, 4) is 11.5 Å². The molecule has 1 atom stereocenters. The largest absolute Gasteiger partial charge is 0.497 e. The van der Waals surface area contributed by atoms with Crippen LogP contribution in [0.3, 0.4) is 0 Å². The molecule has 0 amide bonds. The van der Waals surface area contributed by atoms with Crippen LogP contribution < -0.4 is 9.47 Å². The van der Waals surface area contributed by atoms with Crippen molar-refractivity contribution in [2.45, 2.75) is 19.4 Å². The van der Waals surface area contributed by atoms with Gasteiger partial charge in [-0.1, -0.05) is 6.07 Å². The highest BCUT2D eigenvalue weighted by Crippen LogP contribution is 2.37. The number of ether oxygens (including phenoxy) is 2. The quantitative estimate of drug-likeness (QED) is 0.841. The molecule has 4 heteroatoms. The van der Waals surface area contributed by atoms with Crippen molar-refractivity contribution in [1.29, 1.82) is 0 Å². The van der Waals surface area contributed by atoms with Crippen molar-refractivity contribution < 1.29 is 18.7 Å². The summed E-state index contributed by atoms with van der Waals surface area (Å²) in [5, 5.41) is 0. The van der Waals surface area contributed by atoms with Crippen LogP contribution in [-0.4, -0.2) is 12.9 Å². The molecular weight excluding hydrogens is 271 g/mol. The lowest BCUT2D eigenvalue weighted by atomic mass is 9.94. The van der Waals surface area contributed by atoms with E-state index in [0.29, 0.717) is 17.1 Å². The van der Waals surface area contributed by atoms with Gasteiger partial charge in [-0.25, -0.2) is 4.39 Å². The van der Waals surface area contributed by atoms with E-state index in [2.05, 4.69) is 0 Å². The Balaban J connectivity index is 1.99. The Morgan fingerprint density at radius 3 is 2.76 bits per heavy atom. The fraction of sp³-hybridized carbons (Fsp3) is 0.235. The molecule has 2 aromatic carbocycles. The van der Waals surface area contributed by atoms with E-state index in [1.54, 1.807) is 31.4 Å². The average Bonchev–Trinajstić information content (AvgIpc) is 2.46. The van der Waals surface area contributed by atoms with E-state index < -0.39 is 6.10 Å². The van der Waals surface area contributed by atoms with Crippen LogP contribution in [0.1, 0.15) is 34.0 Å². The minimum Gasteiger partial charge on any atom is -0.497 e. The lowest BCUT2D eigenvalue weighted by Crippen LogP contribution is -2.21. The highest BCUT2D eigenvalue weighted by Gasteiger charge is 2.28. The summed E-state index contributed by atoms with van der Waals surface area (Å²) in [5.41, 5.74) is 2.17. The number of ketones is 1. The molecule has 0 N–H and O–H groups in total. The third-order valence-corrected chi connectivity index (χ3v) is 3.71. The molecule has 3 nitrogen and oxygen atoms in total. The summed E-state index contributed by atoms with van der Waals surface area (Å²) < 4.78 is 24.3. The molecule has 1 aliphatic rings. The minimum absolute atomic E-state index is 0.0210. The molecule has 1 unspecified atom stereocenters. The van der Waals surface area contributed by atoms with Gasteiger partial charge in [0.15, 0.2) is 5.78 Å². The molecule has 0 saturated carbocycles. The summed E-state index contributed by atoms with van der Waals surface area (Å²) in [7, 11) is 1.56. The molecule has 2 aromatic rings. The SMILES string of the molecule is COc1ccc2c(c1)OC(c1ccc(F)cc1C)CC2=O. The standard InChI is InChI=1S/C17H15FO3/c1-10-7-11(18)3-5-13(10)17-9-15(19)14-6-4-12(20-2)8-16(14)21-17/h3-8,17H,9H2,1-2H3. The molecule has 108 valence electrons. The normalized spacial score (nSPS) is 17.1. The van der Waals surface area contributed by atoms with E-state index in [4.69, 9.17) is 9.47 Å². The third-order valence-electron chi connectivity index (χ3n) is 3.71. The van der Waals surface area contributed by atoms with Gasteiger partial charge in [0.25, 0.3) is 0 Å². The number of rotatable bonds is 2. The average molecular weight is 286 g/mol. The molecule has 1 aliphatic heterocycles. The predicted molar refractivity (Wildman–Crippen MR) is 76.4 cm³/mol. The molecular formula is C17H15FO3. The minimum atomic E-state index is -0.391. The summed E-state index contributed by atoms with van der Waals surface area (Å²) in [6, 6.07) is 9.67. The van der Waals surface area contributed by atoms with E-state index in [1.807, 2.05) is 6.92 Å². The Morgan fingerprint density at radius 1 is 1.24 bits per heavy atom. The molecule has 0 fully saturated rings. The maximum absolute atomic E-state index is 13.2. The predicted octanol–water partition coefficient (Wildman–Crippen LogP) is 3.85. The monoisotopic (exact) mass is 286 g/mol. The Bertz CT molecular complexity index is 709. The number of benzene rings is 2. The molecule has 1 heterocycles. The van der Waals surface area contributed by atoms with Gasteiger partial charge in [-0.05, 0) is 42.3 Å². The third kappa shape index (κ3) is 2.49. The first kappa shape index (κ1) is 13.6. The number of methoxy groups -OCH3 is 1. The van der Waals surface area contributed by atoms with Gasteiger partial charge in [-0.15, -0.1) is 0 Å². The van der Waals surface area contributed by atoms with Gasteiger partial charge in [-0.2, -0.15) is 0 Å². The van der Waals surface area contributed by atoms with E-state index in [0.717, 1.165) is 11.1 Å². The van der Waals surface area contributed by atoms with Gasteiger partial charge in [0, 0.05) is 6.07 Å². The second-order valence-electron chi connectivity index (χ2n) is 5.10. The van der Waals surface area contributed by atoms with Crippen molar-refractivity contribution in [2.24, 2.45) is 0 Å². The van der Waals surface area contributed by atoms with Gasteiger partial charge in [0.2, 0.25) is 0 Å². The van der Waals surface area contributed by atoms with Gasteiger partial charge >= 0.3 is 0 Å². The molecule has 3 rings (SSSR count). The van der Waals surface area contributed by atoms with Crippen LogP contribution >= 0.6 is 0 Å². The lowest BCUT2D eigenvalue weighted by Gasteiger charge is -2.26. The molecule has 21 heavy (non-hydrogen) atoms. The van der Waals surface area contributed by atoms with Crippen molar-refractivity contribution in [1.82, 2.24) is 0 Å². The lowest BCUT2D eigenvalue weighted by molar-refractivity contribution is 0.0849. The van der Waals surface area contributed by atoms with Crippen LogP contribution in [0.25, 0.3) is 0 Å².